The van der Waals surface area contributed by atoms with Crippen molar-refractivity contribution in [2.75, 3.05) is 17.6 Å². The molecule has 0 saturated heterocycles. The molecule has 0 aliphatic rings. The average molecular weight is 455 g/mol. The van der Waals surface area contributed by atoms with Crippen molar-refractivity contribution in [2.45, 2.75) is 10.8 Å². The standard InChI is InChI=1S/C16H15BrN4OS3/c17-11-3-1-4-12(9-11)19-15-20-21-16(25-15)24-10-14(22)18-7-6-13-5-2-8-23-13/h1-5,8-9H,6-7,10H2,(H,18,22)(H,19,20). The summed E-state index contributed by atoms with van der Waals surface area (Å²) in [5, 5.41) is 17.1. The number of carbonyl (C=O) groups excluding carboxylic acids is 1. The molecule has 1 aromatic carbocycles. The third-order valence-electron chi connectivity index (χ3n) is 3.08. The zero-order valence-corrected chi connectivity index (χ0v) is 17.1. The maximum absolute atomic E-state index is 11.9. The number of thioether (sulfide) groups is 1. The first-order valence-corrected chi connectivity index (χ1v) is 10.9. The van der Waals surface area contributed by atoms with Crippen LogP contribution in [0.3, 0.4) is 0 Å². The van der Waals surface area contributed by atoms with E-state index in [0.29, 0.717) is 17.4 Å². The molecule has 3 aromatic rings. The van der Waals surface area contributed by atoms with Crippen molar-refractivity contribution < 1.29 is 4.79 Å². The fourth-order valence-corrected chi connectivity index (χ4v) is 4.68. The number of aromatic nitrogens is 2. The number of carbonyl (C=O) groups is 1. The van der Waals surface area contributed by atoms with E-state index in [4.69, 9.17) is 0 Å². The number of hydrogen-bond donors (Lipinski definition) is 2. The summed E-state index contributed by atoms with van der Waals surface area (Å²) in [6, 6.07) is 11.9. The van der Waals surface area contributed by atoms with Gasteiger partial charge >= 0.3 is 0 Å². The lowest BCUT2D eigenvalue weighted by Crippen LogP contribution is -2.27. The molecule has 0 fully saturated rings. The van der Waals surface area contributed by atoms with Gasteiger partial charge < -0.3 is 10.6 Å². The highest BCUT2D eigenvalue weighted by Gasteiger charge is 2.08. The second-order valence-corrected chi connectivity index (χ2v) is 9.12. The number of nitrogens with one attached hydrogen (secondary N) is 2. The summed E-state index contributed by atoms with van der Waals surface area (Å²) in [6.07, 6.45) is 0.869. The summed E-state index contributed by atoms with van der Waals surface area (Å²) in [5.41, 5.74) is 0.938. The van der Waals surface area contributed by atoms with Crippen molar-refractivity contribution in [1.82, 2.24) is 15.5 Å². The van der Waals surface area contributed by atoms with Gasteiger partial charge in [-0.15, -0.1) is 21.5 Å². The van der Waals surface area contributed by atoms with Crippen LogP contribution in [-0.4, -0.2) is 28.4 Å². The van der Waals surface area contributed by atoms with Crippen molar-refractivity contribution in [3.63, 3.8) is 0 Å². The van der Waals surface area contributed by atoms with Crippen LogP contribution in [0.1, 0.15) is 4.88 Å². The SMILES string of the molecule is O=C(CSc1nnc(Nc2cccc(Br)c2)s1)NCCc1cccs1. The van der Waals surface area contributed by atoms with Crippen molar-refractivity contribution >= 4 is 67.1 Å². The van der Waals surface area contributed by atoms with Crippen molar-refractivity contribution in [1.29, 1.82) is 0 Å². The molecule has 2 heterocycles. The Morgan fingerprint density at radius 2 is 2.16 bits per heavy atom. The summed E-state index contributed by atoms with van der Waals surface area (Å²) in [5.74, 6) is 0.355. The Balaban J connectivity index is 1.41. The normalized spacial score (nSPS) is 10.6. The van der Waals surface area contributed by atoms with E-state index >= 15 is 0 Å². The molecular formula is C16H15BrN4OS3. The second kappa shape index (κ2) is 9.33. The third kappa shape index (κ3) is 6.10. The summed E-state index contributed by atoms with van der Waals surface area (Å²) in [4.78, 5) is 13.2. The van der Waals surface area contributed by atoms with Gasteiger partial charge in [0.2, 0.25) is 11.0 Å². The topological polar surface area (TPSA) is 66.9 Å². The van der Waals surface area contributed by atoms with Crippen LogP contribution in [0, 0.1) is 0 Å². The van der Waals surface area contributed by atoms with Gasteiger partial charge in [0.05, 0.1) is 5.75 Å². The molecule has 130 valence electrons. The maximum Gasteiger partial charge on any atom is 0.230 e. The van der Waals surface area contributed by atoms with E-state index in [-0.39, 0.29) is 5.91 Å². The van der Waals surface area contributed by atoms with E-state index in [1.165, 1.54) is 28.0 Å². The van der Waals surface area contributed by atoms with Gasteiger partial charge in [0.1, 0.15) is 0 Å². The van der Waals surface area contributed by atoms with Crippen LogP contribution >= 0.6 is 50.4 Å². The largest absolute Gasteiger partial charge is 0.355 e. The minimum atomic E-state index is 0.0123. The number of halogens is 1. The van der Waals surface area contributed by atoms with E-state index in [2.05, 4.69) is 42.8 Å². The second-order valence-electron chi connectivity index (χ2n) is 4.98. The molecule has 0 radical (unpaired) electrons. The smallest absolute Gasteiger partial charge is 0.230 e. The lowest BCUT2D eigenvalue weighted by Gasteiger charge is -2.02. The van der Waals surface area contributed by atoms with E-state index in [1.54, 1.807) is 11.3 Å². The van der Waals surface area contributed by atoms with Crippen LogP contribution in [0.2, 0.25) is 0 Å². The zero-order chi connectivity index (χ0) is 17.5. The van der Waals surface area contributed by atoms with E-state index in [1.807, 2.05) is 35.7 Å². The minimum absolute atomic E-state index is 0.0123. The molecule has 0 spiro atoms. The Morgan fingerprint density at radius 1 is 1.24 bits per heavy atom. The fourth-order valence-electron chi connectivity index (χ4n) is 1.97. The Hall–Kier alpha value is -1.42. The number of nitrogens with zero attached hydrogens (tertiary/aromatic N) is 2. The lowest BCUT2D eigenvalue weighted by molar-refractivity contribution is -0.118. The predicted molar refractivity (Wildman–Crippen MR) is 109 cm³/mol. The Bertz CT molecular complexity index is 822. The third-order valence-corrected chi connectivity index (χ3v) is 6.48. The van der Waals surface area contributed by atoms with Gasteiger partial charge in [-0.25, -0.2) is 0 Å². The van der Waals surface area contributed by atoms with Gasteiger partial charge in [-0.05, 0) is 36.1 Å². The van der Waals surface area contributed by atoms with E-state index in [9.17, 15) is 4.79 Å². The lowest BCUT2D eigenvalue weighted by atomic mass is 10.3. The van der Waals surface area contributed by atoms with Crippen LogP contribution in [0.5, 0.6) is 0 Å². The van der Waals surface area contributed by atoms with Gasteiger partial charge in [-0.2, -0.15) is 0 Å². The molecular weight excluding hydrogens is 440 g/mol. The van der Waals surface area contributed by atoms with Gasteiger partial charge in [-0.3, -0.25) is 4.79 Å². The Labute approximate surface area is 166 Å². The minimum Gasteiger partial charge on any atom is -0.355 e. The van der Waals surface area contributed by atoms with Crippen LogP contribution in [-0.2, 0) is 11.2 Å². The summed E-state index contributed by atoms with van der Waals surface area (Å²) in [7, 11) is 0. The molecule has 0 atom stereocenters. The number of rotatable bonds is 8. The quantitative estimate of drug-likeness (QED) is 0.488. The first-order valence-electron chi connectivity index (χ1n) is 7.47. The van der Waals surface area contributed by atoms with Gasteiger partial charge in [-0.1, -0.05) is 51.2 Å². The zero-order valence-electron chi connectivity index (χ0n) is 13.1. The van der Waals surface area contributed by atoms with E-state index in [0.717, 1.165) is 20.9 Å². The van der Waals surface area contributed by atoms with Crippen molar-refractivity contribution in [3.05, 3.63) is 51.1 Å². The van der Waals surface area contributed by atoms with Gasteiger partial charge in [0, 0.05) is 21.6 Å². The molecule has 0 saturated carbocycles. The molecule has 0 unspecified atom stereocenters. The molecule has 3 rings (SSSR count). The molecule has 1 amide bonds. The molecule has 25 heavy (non-hydrogen) atoms. The number of thiophene rings is 1. The Kier molecular flexibility index (Phi) is 6.85. The molecule has 2 N–H and O–H groups in total. The Morgan fingerprint density at radius 3 is 2.96 bits per heavy atom. The number of hydrogen-bond acceptors (Lipinski definition) is 7. The van der Waals surface area contributed by atoms with Crippen molar-refractivity contribution in [2.24, 2.45) is 0 Å². The highest BCUT2D eigenvalue weighted by Crippen LogP contribution is 2.28. The average Bonchev–Trinajstić information content (AvgIpc) is 3.25. The maximum atomic E-state index is 11.9. The first kappa shape index (κ1) is 18.4. The molecule has 0 aliphatic heterocycles. The molecule has 0 aliphatic carbocycles. The highest BCUT2D eigenvalue weighted by molar-refractivity contribution is 9.10. The first-order chi connectivity index (χ1) is 12.2. The summed E-state index contributed by atoms with van der Waals surface area (Å²) >= 11 is 7.97. The monoisotopic (exact) mass is 454 g/mol. The van der Waals surface area contributed by atoms with Crippen LogP contribution in [0.25, 0.3) is 0 Å². The van der Waals surface area contributed by atoms with Gasteiger partial charge in [0.15, 0.2) is 4.34 Å². The number of benzene rings is 1. The summed E-state index contributed by atoms with van der Waals surface area (Å²) < 4.78 is 1.77. The molecule has 9 heteroatoms. The summed E-state index contributed by atoms with van der Waals surface area (Å²) in [6.45, 7) is 0.658. The van der Waals surface area contributed by atoms with Gasteiger partial charge in [0.25, 0.3) is 0 Å². The fraction of sp³-hybridized carbons (Fsp3) is 0.188. The molecule has 0 bridgehead atoms. The number of amides is 1. The van der Waals surface area contributed by atoms with Crippen LogP contribution in [0.4, 0.5) is 10.8 Å². The van der Waals surface area contributed by atoms with Crippen LogP contribution < -0.4 is 10.6 Å². The van der Waals surface area contributed by atoms with Crippen LogP contribution in [0.15, 0.2) is 50.6 Å². The van der Waals surface area contributed by atoms with E-state index < -0.39 is 0 Å². The predicted octanol–water partition coefficient (Wildman–Crippen LogP) is 4.56. The van der Waals surface area contributed by atoms with Crippen molar-refractivity contribution in [3.8, 4) is 0 Å². The highest BCUT2D eigenvalue weighted by atomic mass is 79.9. The molecule has 2 aromatic heterocycles. The number of anilines is 2. The molecule has 5 nitrogen and oxygen atoms in total.